The molecule has 0 heterocycles. The number of allylic oxidation sites excluding steroid dienone is 1. The summed E-state index contributed by atoms with van der Waals surface area (Å²) in [7, 11) is 0. The van der Waals surface area contributed by atoms with Crippen LogP contribution in [-0.4, -0.2) is 16.6 Å². The Morgan fingerprint density at radius 1 is 1.09 bits per heavy atom. The van der Waals surface area contributed by atoms with Gasteiger partial charge in [-0.15, -0.1) is 0 Å². The zero-order valence-corrected chi connectivity index (χ0v) is 22.2. The van der Waals surface area contributed by atoms with Gasteiger partial charge < -0.3 is 10.8 Å². The first kappa shape index (κ1) is 25.3. The lowest BCUT2D eigenvalue weighted by molar-refractivity contribution is -0.142. The first-order chi connectivity index (χ1) is 15.5. The van der Waals surface area contributed by atoms with E-state index in [9.17, 15) is 9.90 Å². The van der Waals surface area contributed by atoms with Crippen LogP contribution in [-0.2, 0) is 4.79 Å². The van der Waals surface area contributed by atoms with Crippen LogP contribution in [0.25, 0.3) is 0 Å². The van der Waals surface area contributed by atoms with Gasteiger partial charge in [-0.05, 0) is 91.3 Å². The summed E-state index contributed by atoms with van der Waals surface area (Å²) in [6.07, 6.45) is 17.9. The molecular weight excluding hydrogens is 406 g/mol. The summed E-state index contributed by atoms with van der Waals surface area (Å²) in [6.45, 7) is 12.4. The topological polar surface area (TPSA) is 63.3 Å². The summed E-state index contributed by atoms with van der Waals surface area (Å²) in [5.74, 6) is 4.40. The third-order valence-electron chi connectivity index (χ3n) is 11.5. The second-order valence-electron chi connectivity index (χ2n) is 13.4. The highest BCUT2D eigenvalue weighted by Crippen LogP contribution is 2.67. The SMILES string of the molecule is CCCC(C)CCC[C@@H](C)[C@H]1CC[C@H]2[C@@H]3CC=C4C[C@](O)(C(N)=O)CC[C@]4(C)[C@H]3CC[C@]12C. The van der Waals surface area contributed by atoms with E-state index in [4.69, 9.17) is 5.73 Å². The number of hydrogen-bond donors (Lipinski definition) is 2. The van der Waals surface area contributed by atoms with Gasteiger partial charge in [-0.25, -0.2) is 0 Å². The Labute approximate surface area is 203 Å². The maximum absolute atomic E-state index is 11.9. The van der Waals surface area contributed by atoms with Crippen molar-refractivity contribution in [3.8, 4) is 0 Å². The molecule has 4 aliphatic rings. The van der Waals surface area contributed by atoms with Crippen molar-refractivity contribution in [2.24, 2.45) is 52.1 Å². The zero-order chi connectivity index (χ0) is 24.0. The third-order valence-corrected chi connectivity index (χ3v) is 11.5. The molecule has 0 saturated heterocycles. The number of carbonyl (C=O) groups excluding carboxylic acids is 1. The molecule has 0 aliphatic heterocycles. The van der Waals surface area contributed by atoms with Gasteiger partial charge in [-0.2, -0.15) is 0 Å². The van der Waals surface area contributed by atoms with Gasteiger partial charge in [0.1, 0.15) is 5.60 Å². The molecule has 1 amide bonds. The molecule has 0 aromatic carbocycles. The number of amides is 1. The molecular formula is C30H51NO2. The number of hydrogen-bond acceptors (Lipinski definition) is 2. The minimum absolute atomic E-state index is 0.144. The van der Waals surface area contributed by atoms with Crippen molar-refractivity contribution in [1.82, 2.24) is 0 Å². The van der Waals surface area contributed by atoms with Crippen LogP contribution in [0, 0.1) is 46.3 Å². The Morgan fingerprint density at radius 3 is 2.55 bits per heavy atom. The minimum Gasteiger partial charge on any atom is -0.380 e. The Bertz CT molecular complexity index is 760. The van der Waals surface area contributed by atoms with Crippen molar-refractivity contribution in [2.45, 2.75) is 124 Å². The maximum Gasteiger partial charge on any atom is 0.249 e. The molecule has 3 saturated carbocycles. The van der Waals surface area contributed by atoms with Gasteiger partial charge in [0, 0.05) is 6.42 Å². The van der Waals surface area contributed by atoms with E-state index in [0.717, 1.165) is 42.4 Å². The smallest absolute Gasteiger partial charge is 0.249 e. The van der Waals surface area contributed by atoms with Crippen molar-refractivity contribution in [1.29, 1.82) is 0 Å². The van der Waals surface area contributed by atoms with Crippen LogP contribution in [0.5, 0.6) is 0 Å². The number of fused-ring (bicyclic) bond motifs is 5. The Balaban J connectivity index is 1.45. The van der Waals surface area contributed by atoms with Crippen LogP contribution < -0.4 is 5.73 Å². The number of carbonyl (C=O) groups is 1. The monoisotopic (exact) mass is 457 g/mol. The van der Waals surface area contributed by atoms with Crippen molar-refractivity contribution in [2.75, 3.05) is 0 Å². The number of rotatable bonds is 8. The van der Waals surface area contributed by atoms with E-state index in [0.29, 0.717) is 24.2 Å². The lowest BCUT2D eigenvalue weighted by Gasteiger charge is -2.59. The molecule has 0 aromatic heterocycles. The Hall–Kier alpha value is -0.830. The molecule has 4 rings (SSSR count). The number of primary amides is 1. The summed E-state index contributed by atoms with van der Waals surface area (Å²) >= 11 is 0. The van der Waals surface area contributed by atoms with Crippen molar-refractivity contribution >= 4 is 5.91 Å². The second-order valence-corrected chi connectivity index (χ2v) is 13.4. The molecule has 0 aromatic rings. The first-order valence-electron chi connectivity index (χ1n) is 14.3. The van der Waals surface area contributed by atoms with Crippen LogP contribution in [0.15, 0.2) is 11.6 Å². The fraction of sp³-hybridized carbons (Fsp3) is 0.900. The van der Waals surface area contributed by atoms with Crippen molar-refractivity contribution in [3.05, 3.63) is 11.6 Å². The lowest BCUT2D eigenvalue weighted by Crippen LogP contribution is -2.55. The highest BCUT2D eigenvalue weighted by molar-refractivity contribution is 5.83. The lowest BCUT2D eigenvalue weighted by atomic mass is 9.46. The van der Waals surface area contributed by atoms with E-state index in [1.807, 2.05) is 0 Å². The average Bonchev–Trinajstić information content (AvgIpc) is 3.11. The molecule has 0 spiro atoms. The Kier molecular flexibility index (Phi) is 7.14. The van der Waals surface area contributed by atoms with Gasteiger partial charge in [0.15, 0.2) is 0 Å². The Morgan fingerprint density at radius 2 is 1.85 bits per heavy atom. The van der Waals surface area contributed by atoms with Crippen molar-refractivity contribution < 1.29 is 9.90 Å². The molecule has 0 radical (unpaired) electrons. The van der Waals surface area contributed by atoms with Gasteiger partial charge in [-0.3, -0.25) is 4.79 Å². The standard InChI is InChI=1S/C30H51NO2/c1-6-8-20(2)9-7-10-21(3)24-13-14-25-23-12-11-22-19-30(33,27(31)32)18-17-28(22,4)26(23)15-16-29(24,25)5/h11,20-21,23-26,33H,6-10,12-19H2,1-5H3,(H2,31,32)/t20?,21-,23+,24-,25+,26+,28+,29-,30+/m1/s1. The quantitative estimate of drug-likeness (QED) is 0.384. The summed E-state index contributed by atoms with van der Waals surface area (Å²) in [5.41, 5.74) is 6.22. The number of nitrogens with two attached hydrogens (primary N) is 1. The third kappa shape index (κ3) is 4.34. The molecule has 33 heavy (non-hydrogen) atoms. The van der Waals surface area contributed by atoms with E-state index >= 15 is 0 Å². The summed E-state index contributed by atoms with van der Waals surface area (Å²) in [6, 6.07) is 0. The predicted molar refractivity (Wildman–Crippen MR) is 136 cm³/mol. The van der Waals surface area contributed by atoms with Gasteiger partial charge in [0.05, 0.1) is 0 Å². The highest BCUT2D eigenvalue weighted by Gasteiger charge is 2.60. The summed E-state index contributed by atoms with van der Waals surface area (Å²) < 4.78 is 0. The highest BCUT2D eigenvalue weighted by atomic mass is 16.3. The van der Waals surface area contributed by atoms with E-state index in [2.05, 4.69) is 40.7 Å². The molecule has 9 atom stereocenters. The zero-order valence-electron chi connectivity index (χ0n) is 22.2. The van der Waals surface area contributed by atoms with Gasteiger partial charge in [-0.1, -0.05) is 78.4 Å². The second kappa shape index (κ2) is 9.32. The van der Waals surface area contributed by atoms with Crippen LogP contribution in [0.2, 0.25) is 0 Å². The van der Waals surface area contributed by atoms with E-state index in [1.54, 1.807) is 0 Å². The maximum atomic E-state index is 11.9. The predicted octanol–water partition coefficient (Wildman–Crippen LogP) is 7.02. The first-order valence-corrected chi connectivity index (χ1v) is 14.3. The van der Waals surface area contributed by atoms with E-state index < -0.39 is 11.5 Å². The van der Waals surface area contributed by atoms with Gasteiger partial charge in [0.25, 0.3) is 0 Å². The number of aliphatic hydroxyl groups is 1. The molecule has 3 fully saturated rings. The van der Waals surface area contributed by atoms with Crippen molar-refractivity contribution in [3.63, 3.8) is 0 Å². The van der Waals surface area contributed by atoms with Crippen LogP contribution in [0.4, 0.5) is 0 Å². The fourth-order valence-corrected chi connectivity index (χ4v) is 9.46. The molecule has 188 valence electrons. The average molecular weight is 458 g/mol. The van der Waals surface area contributed by atoms with E-state index in [1.165, 1.54) is 63.4 Å². The summed E-state index contributed by atoms with van der Waals surface area (Å²) in [4.78, 5) is 11.9. The largest absolute Gasteiger partial charge is 0.380 e. The molecule has 1 unspecified atom stereocenters. The van der Waals surface area contributed by atoms with Crippen LogP contribution >= 0.6 is 0 Å². The molecule has 3 heteroatoms. The molecule has 3 nitrogen and oxygen atoms in total. The minimum atomic E-state index is -1.33. The fourth-order valence-electron chi connectivity index (χ4n) is 9.46. The molecule has 4 aliphatic carbocycles. The van der Waals surface area contributed by atoms with Gasteiger partial charge >= 0.3 is 0 Å². The molecule has 0 bridgehead atoms. The van der Waals surface area contributed by atoms with Crippen LogP contribution in [0.3, 0.4) is 0 Å². The van der Waals surface area contributed by atoms with Gasteiger partial charge in [0.2, 0.25) is 5.91 Å². The normalized spacial score (nSPS) is 44.2. The van der Waals surface area contributed by atoms with E-state index in [-0.39, 0.29) is 5.41 Å². The molecule has 3 N–H and O–H groups in total. The van der Waals surface area contributed by atoms with Crippen LogP contribution in [0.1, 0.15) is 118 Å². The summed E-state index contributed by atoms with van der Waals surface area (Å²) in [5, 5.41) is 10.8.